The van der Waals surface area contributed by atoms with Crippen LogP contribution in [0.3, 0.4) is 0 Å². The summed E-state index contributed by atoms with van der Waals surface area (Å²) >= 11 is 0. The van der Waals surface area contributed by atoms with Gasteiger partial charge in [0.1, 0.15) is 18.1 Å². The molecule has 3 saturated heterocycles. The molecule has 0 aliphatic carbocycles. The number of hydrogen-bond acceptors (Lipinski definition) is 11. The van der Waals surface area contributed by atoms with Crippen molar-refractivity contribution >= 4 is 56.6 Å². The maximum atomic E-state index is 13.7. The molecule has 5 atom stereocenters. The van der Waals surface area contributed by atoms with E-state index in [1.54, 1.807) is 17.0 Å². The molecule has 17 heteroatoms. The van der Waals surface area contributed by atoms with Gasteiger partial charge in [-0.2, -0.15) is 0 Å². The Kier molecular flexibility index (Phi) is 14.6. The fraction of sp³-hybridized carbons (Fsp3) is 0.489. The molecule has 3 aliphatic rings. The van der Waals surface area contributed by atoms with E-state index in [9.17, 15) is 32.4 Å². The second-order valence-electron chi connectivity index (χ2n) is 17.2. The van der Waals surface area contributed by atoms with Gasteiger partial charge in [-0.25, -0.2) is 13.2 Å². The number of likely N-dealkylation sites (tertiary alicyclic amines) is 2. The number of anilines is 3. The minimum Gasteiger partial charge on any atom is -0.453 e. The smallest absolute Gasteiger partial charge is 0.407 e. The Labute approximate surface area is 364 Å². The highest BCUT2D eigenvalue weighted by Crippen LogP contribution is 2.47. The van der Waals surface area contributed by atoms with Crippen molar-refractivity contribution in [3.63, 3.8) is 0 Å². The Hall–Kier alpha value is -5.52. The van der Waals surface area contributed by atoms with Crippen LogP contribution < -0.4 is 26.2 Å². The van der Waals surface area contributed by atoms with Gasteiger partial charge in [-0.3, -0.25) is 24.5 Å². The monoisotopic (exact) mass is 873 g/mol. The fourth-order valence-electron chi connectivity index (χ4n) is 8.71. The maximum Gasteiger partial charge on any atom is 0.407 e. The van der Waals surface area contributed by atoms with Crippen LogP contribution in [0.25, 0.3) is 0 Å². The van der Waals surface area contributed by atoms with E-state index in [0.29, 0.717) is 43.7 Å². The lowest BCUT2D eigenvalue weighted by molar-refractivity contribution is -0.140. The zero-order chi connectivity index (χ0) is 44.8. The Bertz CT molecular complexity index is 2200. The molecular weight excluding hydrogens is 815 g/mol. The third-order valence-electron chi connectivity index (χ3n) is 11.9. The maximum absolute atomic E-state index is 13.7. The van der Waals surface area contributed by atoms with Crippen molar-refractivity contribution < 1.29 is 41.9 Å². The Morgan fingerprint density at radius 2 is 1.23 bits per heavy atom. The number of hydrogen-bond donors (Lipinski definition) is 4. The van der Waals surface area contributed by atoms with E-state index in [4.69, 9.17) is 9.47 Å². The summed E-state index contributed by atoms with van der Waals surface area (Å²) in [6, 6.07) is 19.9. The summed E-state index contributed by atoms with van der Waals surface area (Å²) in [5.74, 6) is -1.04. The molecule has 3 aromatic rings. The molecule has 3 aromatic carbocycles. The second-order valence-corrected chi connectivity index (χ2v) is 19.3. The first-order chi connectivity index (χ1) is 29.5. The van der Waals surface area contributed by atoms with E-state index < -0.39 is 39.5 Å². The molecule has 6 rings (SSSR count). The zero-order valence-electron chi connectivity index (χ0n) is 36.3. The minimum atomic E-state index is -3.42. The van der Waals surface area contributed by atoms with Crippen LogP contribution in [-0.4, -0.2) is 113 Å². The number of benzene rings is 3. The van der Waals surface area contributed by atoms with Crippen molar-refractivity contribution in [1.82, 2.24) is 20.4 Å². The lowest BCUT2D eigenvalue weighted by Gasteiger charge is -2.35. The van der Waals surface area contributed by atoms with Crippen LogP contribution in [-0.2, 0) is 38.5 Å². The SMILES string of the molecule is COCNCC(=O)N1CCCC1C(=O)Nc1ccc(C2CCC(c3ccc(NC(=O)C4CCCN4C(=O)C(NC(=O)OC)C(C)(C)C)cc3)N2c2ccc(S(C)(=O)=O)cc2)cc1. The first-order valence-corrected chi connectivity index (χ1v) is 22.9. The van der Waals surface area contributed by atoms with Crippen LogP contribution in [0.2, 0.25) is 0 Å². The van der Waals surface area contributed by atoms with Crippen LogP contribution in [0.1, 0.15) is 82.5 Å². The van der Waals surface area contributed by atoms with Gasteiger partial charge in [-0.15, -0.1) is 0 Å². The standard InChI is InChI=1S/C45H59N7O9S/c1-45(2,3)40(49-44(57)61-5)43(56)51-26-8-10-38(51)42(55)48-32-17-13-30(14-18-32)36-24-23-35(52(36)33-19-21-34(22-20-33)62(6,58)59)29-11-15-31(16-12-29)47-41(54)37-9-7-25-50(37)39(53)27-46-28-60-4/h11-22,35-38,40,46H,7-10,23-28H2,1-6H3,(H,47,54)(H,48,55)(H,49,57). The average Bonchev–Trinajstić information content (AvgIpc) is 4.03. The number of amides is 5. The van der Waals surface area contributed by atoms with Crippen LogP contribution in [0.4, 0.5) is 21.9 Å². The quantitative estimate of drug-likeness (QED) is 0.126. The number of rotatable bonds is 14. The number of carbonyl (C=O) groups excluding carboxylic acids is 5. The molecule has 62 heavy (non-hydrogen) atoms. The van der Waals surface area contributed by atoms with Crippen molar-refractivity contribution in [2.45, 2.75) is 94.4 Å². The summed E-state index contributed by atoms with van der Waals surface area (Å²) in [6.07, 6.45) is 4.49. The summed E-state index contributed by atoms with van der Waals surface area (Å²) in [7, 11) is -0.640. The predicted molar refractivity (Wildman–Crippen MR) is 235 cm³/mol. The molecule has 0 bridgehead atoms. The van der Waals surface area contributed by atoms with E-state index in [1.807, 2.05) is 81.4 Å². The molecule has 16 nitrogen and oxygen atoms in total. The van der Waals surface area contributed by atoms with Gasteiger partial charge in [0.15, 0.2) is 9.84 Å². The lowest BCUT2D eigenvalue weighted by Crippen LogP contribution is -2.57. The second kappa shape index (κ2) is 19.7. The molecule has 5 unspecified atom stereocenters. The first-order valence-electron chi connectivity index (χ1n) is 21.0. The number of carbonyl (C=O) groups is 5. The van der Waals surface area contributed by atoms with Crippen LogP contribution in [0.5, 0.6) is 0 Å². The summed E-state index contributed by atoms with van der Waals surface area (Å²) in [6.45, 7) is 6.77. The molecule has 0 spiro atoms. The highest BCUT2D eigenvalue weighted by molar-refractivity contribution is 7.90. The number of ether oxygens (including phenoxy) is 2. The first kappa shape index (κ1) is 46.0. The molecule has 3 aliphatic heterocycles. The fourth-order valence-corrected chi connectivity index (χ4v) is 9.34. The Morgan fingerprint density at radius 3 is 1.69 bits per heavy atom. The van der Waals surface area contributed by atoms with Gasteiger partial charge in [0.05, 0.1) is 37.4 Å². The number of alkyl carbamates (subject to hydrolysis) is 1. The molecule has 4 N–H and O–H groups in total. The average molecular weight is 874 g/mol. The molecule has 334 valence electrons. The number of sulfone groups is 1. The van der Waals surface area contributed by atoms with Crippen LogP contribution in [0, 0.1) is 5.41 Å². The van der Waals surface area contributed by atoms with Crippen molar-refractivity contribution in [3.8, 4) is 0 Å². The molecule has 3 heterocycles. The molecule has 5 amide bonds. The summed E-state index contributed by atoms with van der Waals surface area (Å²) < 4.78 is 34.5. The lowest BCUT2D eigenvalue weighted by atomic mass is 9.85. The summed E-state index contributed by atoms with van der Waals surface area (Å²) in [4.78, 5) is 71.3. The topological polar surface area (TPSA) is 196 Å². The summed E-state index contributed by atoms with van der Waals surface area (Å²) in [5.41, 5.74) is 3.40. The molecule has 0 radical (unpaired) electrons. The van der Waals surface area contributed by atoms with E-state index in [-0.39, 0.29) is 53.9 Å². The largest absolute Gasteiger partial charge is 0.453 e. The van der Waals surface area contributed by atoms with Crippen molar-refractivity contribution in [3.05, 3.63) is 83.9 Å². The van der Waals surface area contributed by atoms with Crippen molar-refractivity contribution in [2.75, 3.05) is 62.4 Å². The molecule has 0 aromatic heterocycles. The van der Waals surface area contributed by atoms with Gasteiger partial charge in [0.2, 0.25) is 23.6 Å². The Balaban J connectivity index is 1.17. The third-order valence-corrected chi connectivity index (χ3v) is 13.0. The van der Waals surface area contributed by atoms with Gasteiger partial charge in [0, 0.05) is 43.5 Å². The predicted octanol–water partition coefficient (Wildman–Crippen LogP) is 5.00. The van der Waals surface area contributed by atoms with Crippen LogP contribution >= 0.6 is 0 Å². The molecular formula is C45H59N7O9S. The van der Waals surface area contributed by atoms with E-state index in [0.717, 1.165) is 36.1 Å². The number of methoxy groups -OCH3 is 2. The van der Waals surface area contributed by atoms with Crippen molar-refractivity contribution in [1.29, 1.82) is 0 Å². The van der Waals surface area contributed by atoms with Gasteiger partial charge in [-0.05, 0) is 104 Å². The Morgan fingerprint density at radius 1 is 0.726 bits per heavy atom. The normalized spacial score (nSPS) is 20.8. The van der Waals surface area contributed by atoms with Gasteiger partial charge in [0.25, 0.3) is 0 Å². The number of nitrogens with zero attached hydrogens (tertiary/aromatic N) is 3. The van der Waals surface area contributed by atoms with Gasteiger partial charge in [-0.1, -0.05) is 45.0 Å². The summed E-state index contributed by atoms with van der Waals surface area (Å²) in [5, 5.41) is 11.6. The zero-order valence-corrected chi connectivity index (χ0v) is 37.1. The van der Waals surface area contributed by atoms with E-state index >= 15 is 0 Å². The number of nitrogens with one attached hydrogen (secondary N) is 4. The third kappa shape index (κ3) is 10.7. The molecule has 3 fully saturated rings. The van der Waals surface area contributed by atoms with Gasteiger partial charge < -0.3 is 40.1 Å². The molecule has 0 saturated carbocycles. The highest BCUT2D eigenvalue weighted by atomic mass is 32.2. The minimum absolute atomic E-state index is 0.0871. The van der Waals surface area contributed by atoms with Crippen molar-refractivity contribution in [2.24, 2.45) is 5.41 Å². The van der Waals surface area contributed by atoms with Gasteiger partial charge >= 0.3 is 6.09 Å². The van der Waals surface area contributed by atoms with E-state index in [2.05, 4.69) is 26.2 Å². The highest BCUT2D eigenvalue weighted by Gasteiger charge is 2.42. The van der Waals surface area contributed by atoms with E-state index in [1.165, 1.54) is 25.4 Å². The van der Waals surface area contributed by atoms with Crippen LogP contribution in [0.15, 0.2) is 77.7 Å².